The Morgan fingerprint density at radius 3 is 2.44 bits per heavy atom. The van der Waals surface area contributed by atoms with E-state index in [0.29, 0.717) is 0 Å². The van der Waals surface area contributed by atoms with Crippen LogP contribution in [0.3, 0.4) is 0 Å². The van der Waals surface area contributed by atoms with Crippen LogP contribution in [-0.2, 0) is 16.0 Å². The van der Waals surface area contributed by atoms with Crippen molar-refractivity contribution in [2.75, 3.05) is 6.61 Å². The van der Waals surface area contributed by atoms with Gasteiger partial charge in [-0.3, -0.25) is 4.79 Å². The van der Waals surface area contributed by atoms with E-state index < -0.39 is 23.0 Å². The second-order valence-corrected chi connectivity index (χ2v) is 4.04. The molecule has 1 unspecified atom stereocenters. The Bertz CT molecular complexity index is 476. The standard InChI is InChI=1S/C13H13F2NO2/c1-3-18-12(17)13(2,8-16)7-9-10(14)5-4-6-11(9)15/h4-6H,3,7H2,1-2H3. The number of carbonyl (C=O) groups is 1. The molecule has 0 heterocycles. The lowest BCUT2D eigenvalue weighted by Crippen LogP contribution is -2.31. The molecule has 0 saturated heterocycles. The minimum absolute atomic E-state index is 0.107. The highest BCUT2D eigenvalue weighted by molar-refractivity contribution is 5.80. The van der Waals surface area contributed by atoms with Crippen LogP contribution in [0.1, 0.15) is 19.4 Å². The van der Waals surface area contributed by atoms with E-state index in [1.165, 1.54) is 13.0 Å². The van der Waals surface area contributed by atoms with Crippen molar-refractivity contribution in [3.8, 4) is 6.07 Å². The fourth-order valence-corrected chi connectivity index (χ4v) is 1.50. The van der Waals surface area contributed by atoms with E-state index in [2.05, 4.69) is 0 Å². The molecule has 0 bridgehead atoms. The maximum Gasteiger partial charge on any atom is 0.326 e. The highest BCUT2D eigenvalue weighted by Crippen LogP contribution is 2.26. The molecule has 1 atom stereocenters. The maximum atomic E-state index is 13.5. The van der Waals surface area contributed by atoms with Gasteiger partial charge in [0.2, 0.25) is 0 Å². The monoisotopic (exact) mass is 253 g/mol. The van der Waals surface area contributed by atoms with Crippen LogP contribution in [0.15, 0.2) is 18.2 Å². The Kier molecular flexibility index (Phi) is 4.38. The third kappa shape index (κ3) is 2.83. The van der Waals surface area contributed by atoms with Crippen LogP contribution in [-0.4, -0.2) is 12.6 Å². The largest absolute Gasteiger partial charge is 0.465 e. The molecule has 0 radical (unpaired) electrons. The van der Waals surface area contributed by atoms with Gasteiger partial charge in [-0.05, 0) is 26.0 Å². The van der Waals surface area contributed by atoms with E-state index in [0.717, 1.165) is 12.1 Å². The number of nitrogens with zero attached hydrogens (tertiary/aromatic N) is 1. The first kappa shape index (κ1) is 14.1. The first-order valence-corrected chi connectivity index (χ1v) is 5.46. The second-order valence-electron chi connectivity index (χ2n) is 4.04. The minimum atomic E-state index is -1.60. The summed E-state index contributed by atoms with van der Waals surface area (Å²) in [5.41, 5.74) is -1.88. The molecule has 18 heavy (non-hydrogen) atoms. The fourth-order valence-electron chi connectivity index (χ4n) is 1.50. The third-order valence-electron chi connectivity index (χ3n) is 2.56. The number of hydrogen-bond acceptors (Lipinski definition) is 3. The second kappa shape index (κ2) is 5.58. The van der Waals surface area contributed by atoms with Gasteiger partial charge in [-0.1, -0.05) is 6.07 Å². The average Bonchev–Trinajstić information content (AvgIpc) is 2.34. The Balaban J connectivity index is 3.07. The van der Waals surface area contributed by atoms with Gasteiger partial charge in [0.25, 0.3) is 0 Å². The summed E-state index contributed by atoms with van der Waals surface area (Å²) >= 11 is 0. The predicted molar refractivity (Wildman–Crippen MR) is 60.4 cm³/mol. The van der Waals surface area contributed by atoms with E-state index in [9.17, 15) is 13.6 Å². The molecule has 1 rings (SSSR count). The summed E-state index contributed by atoms with van der Waals surface area (Å²) in [4.78, 5) is 11.6. The number of rotatable bonds is 4. The molecule has 0 saturated carbocycles. The van der Waals surface area contributed by atoms with Crippen molar-refractivity contribution < 1.29 is 18.3 Å². The van der Waals surface area contributed by atoms with Gasteiger partial charge in [0.1, 0.15) is 11.6 Å². The quantitative estimate of drug-likeness (QED) is 0.775. The first-order chi connectivity index (χ1) is 8.44. The molecule has 96 valence electrons. The van der Waals surface area contributed by atoms with E-state index >= 15 is 0 Å². The Morgan fingerprint density at radius 2 is 2.00 bits per heavy atom. The Labute approximate surface area is 104 Å². The smallest absolute Gasteiger partial charge is 0.326 e. The number of nitriles is 1. The SMILES string of the molecule is CCOC(=O)C(C)(C#N)Cc1c(F)cccc1F. The molecule has 1 aromatic rings. The normalized spacial score (nSPS) is 13.5. The van der Waals surface area contributed by atoms with Gasteiger partial charge in [0.05, 0.1) is 12.7 Å². The summed E-state index contributed by atoms with van der Waals surface area (Å²) in [6.07, 6.45) is -0.360. The van der Waals surface area contributed by atoms with Crippen molar-refractivity contribution in [1.29, 1.82) is 5.26 Å². The molecule has 0 aliphatic heterocycles. The van der Waals surface area contributed by atoms with Crippen molar-refractivity contribution in [2.45, 2.75) is 20.3 Å². The topological polar surface area (TPSA) is 50.1 Å². The van der Waals surface area contributed by atoms with Gasteiger partial charge in [-0.15, -0.1) is 0 Å². The van der Waals surface area contributed by atoms with Crippen LogP contribution in [0.25, 0.3) is 0 Å². The van der Waals surface area contributed by atoms with Crippen LogP contribution in [0.2, 0.25) is 0 Å². The summed E-state index contributed by atoms with van der Waals surface area (Å²) < 4.78 is 31.7. The lowest BCUT2D eigenvalue weighted by atomic mass is 9.85. The van der Waals surface area contributed by atoms with Crippen LogP contribution in [0.5, 0.6) is 0 Å². The summed E-state index contributed by atoms with van der Waals surface area (Å²) in [7, 11) is 0. The average molecular weight is 253 g/mol. The molecule has 3 nitrogen and oxygen atoms in total. The Hall–Kier alpha value is -1.96. The highest BCUT2D eigenvalue weighted by Gasteiger charge is 2.37. The zero-order chi connectivity index (χ0) is 13.8. The molecule has 0 spiro atoms. The lowest BCUT2D eigenvalue weighted by Gasteiger charge is -2.19. The molecule has 0 N–H and O–H groups in total. The lowest BCUT2D eigenvalue weighted by molar-refractivity contribution is -0.151. The molecular weight excluding hydrogens is 240 g/mol. The van der Waals surface area contributed by atoms with E-state index in [1.807, 2.05) is 0 Å². The fraction of sp³-hybridized carbons (Fsp3) is 0.385. The van der Waals surface area contributed by atoms with Gasteiger partial charge in [0.15, 0.2) is 5.41 Å². The zero-order valence-electron chi connectivity index (χ0n) is 10.2. The van der Waals surface area contributed by atoms with Crippen molar-refractivity contribution in [2.24, 2.45) is 5.41 Å². The van der Waals surface area contributed by atoms with E-state index in [-0.39, 0.29) is 18.6 Å². The number of halogens is 2. The number of esters is 1. The van der Waals surface area contributed by atoms with Gasteiger partial charge in [-0.25, -0.2) is 8.78 Å². The summed E-state index contributed by atoms with van der Waals surface area (Å²) in [5.74, 6) is -2.34. The predicted octanol–water partition coefficient (Wildman–Crippen LogP) is 2.60. The number of ether oxygens (including phenoxy) is 1. The van der Waals surface area contributed by atoms with Gasteiger partial charge in [-0.2, -0.15) is 5.26 Å². The maximum absolute atomic E-state index is 13.5. The van der Waals surface area contributed by atoms with E-state index in [4.69, 9.17) is 10.00 Å². The summed E-state index contributed by atoms with van der Waals surface area (Å²) in [6, 6.07) is 5.15. The van der Waals surface area contributed by atoms with Crippen LogP contribution >= 0.6 is 0 Å². The summed E-state index contributed by atoms with van der Waals surface area (Å²) in [5, 5.41) is 9.03. The van der Waals surface area contributed by atoms with Gasteiger partial charge >= 0.3 is 5.97 Å². The van der Waals surface area contributed by atoms with Crippen LogP contribution in [0.4, 0.5) is 8.78 Å². The van der Waals surface area contributed by atoms with Crippen LogP contribution in [0, 0.1) is 28.4 Å². The zero-order valence-corrected chi connectivity index (χ0v) is 10.2. The van der Waals surface area contributed by atoms with Gasteiger partial charge < -0.3 is 4.74 Å². The van der Waals surface area contributed by atoms with Crippen molar-refractivity contribution in [1.82, 2.24) is 0 Å². The Morgan fingerprint density at radius 1 is 1.44 bits per heavy atom. The molecular formula is C13H13F2NO2. The third-order valence-corrected chi connectivity index (χ3v) is 2.56. The number of carbonyl (C=O) groups excluding carboxylic acids is 1. The number of hydrogen-bond donors (Lipinski definition) is 0. The molecule has 0 aliphatic rings. The van der Waals surface area contributed by atoms with E-state index in [1.54, 1.807) is 13.0 Å². The molecule has 0 amide bonds. The van der Waals surface area contributed by atoms with Crippen molar-refractivity contribution >= 4 is 5.97 Å². The molecule has 0 fully saturated rings. The molecule has 5 heteroatoms. The highest BCUT2D eigenvalue weighted by atomic mass is 19.1. The van der Waals surface area contributed by atoms with Crippen molar-refractivity contribution in [3.63, 3.8) is 0 Å². The van der Waals surface area contributed by atoms with Gasteiger partial charge in [0, 0.05) is 12.0 Å². The summed E-state index contributed by atoms with van der Waals surface area (Å²) in [6.45, 7) is 3.01. The molecule has 0 aliphatic carbocycles. The molecule has 0 aromatic heterocycles. The number of benzene rings is 1. The first-order valence-electron chi connectivity index (χ1n) is 5.46. The minimum Gasteiger partial charge on any atom is -0.465 e. The molecule has 1 aromatic carbocycles. The van der Waals surface area contributed by atoms with Crippen LogP contribution < -0.4 is 0 Å². The van der Waals surface area contributed by atoms with Crippen molar-refractivity contribution in [3.05, 3.63) is 35.4 Å².